The van der Waals surface area contributed by atoms with Crippen LogP contribution in [0.2, 0.25) is 0 Å². The highest BCUT2D eigenvalue weighted by atomic mass is 16.2. The Hall–Kier alpha value is -1.32. The predicted molar refractivity (Wildman–Crippen MR) is 60.4 cm³/mol. The quantitative estimate of drug-likeness (QED) is 0.753. The third-order valence-electron chi connectivity index (χ3n) is 3.36. The monoisotopic (exact) mass is 219 g/mol. The normalized spacial score (nSPS) is 26.2. The van der Waals surface area contributed by atoms with Crippen molar-refractivity contribution < 1.29 is 4.79 Å². The van der Waals surface area contributed by atoms with Crippen molar-refractivity contribution in [3.05, 3.63) is 17.0 Å². The SMILES string of the molecule is CC(C)(C)NC(=O)c1n[nH]c2c1CC1CC21. The van der Waals surface area contributed by atoms with E-state index in [1.54, 1.807) is 0 Å². The molecule has 2 atom stereocenters. The van der Waals surface area contributed by atoms with Crippen LogP contribution in [0.1, 0.15) is 54.9 Å². The number of aromatic amines is 1. The Labute approximate surface area is 94.8 Å². The molecule has 1 aromatic rings. The predicted octanol–water partition coefficient (Wildman–Crippen LogP) is 1.60. The van der Waals surface area contributed by atoms with E-state index in [1.165, 1.54) is 12.1 Å². The van der Waals surface area contributed by atoms with E-state index in [4.69, 9.17) is 0 Å². The lowest BCUT2D eigenvalue weighted by Crippen LogP contribution is -2.41. The zero-order valence-electron chi connectivity index (χ0n) is 9.92. The molecule has 0 spiro atoms. The van der Waals surface area contributed by atoms with Crippen LogP contribution in [0.15, 0.2) is 0 Å². The lowest BCUT2D eigenvalue weighted by atomic mass is 10.1. The third kappa shape index (κ3) is 1.44. The molecule has 0 saturated heterocycles. The van der Waals surface area contributed by atoms with Crippen molar-refractivity contribution in [3.63, 3.8) is 0 Å². The van der Waals surface area contributed by atoms with Crippen molar-refractivity contribution in [3.8, 4) is 0 Å². The van der Waals surface area contributed by atoms with Gasteiger partial charge in [0, 0.05) is 22.7 Å². The molecule has 2 N–H and O–H groups in total. The van der Waals surface area contributed by atoms with E-state index >= 15 is 0 Å². The highest BCUT2D eigenvalue weighted by molar-refractivity contribution is 5.94. The summed E-state index contributed by atoms with van der Waals surface area (Å²) >= 11 is 0. The van der Waals surface area contributed by atoms with Crippen molar-refractivity contribution in [1.82, 2.24) is 15.5 Å². The number of hydrogen-bond donors (Lipinski definition) is 2. The van der Waals surface area contributed by atoms with Gasteiger partial charge in [-0.1, -0.05) is 0 Å². The first-order chi connectivity index (χ1) is 7.46. The third-order valence-corrected chi connectivity index (χ3v) is 3.36. The minimum atomic E-state index is -0.204. The van der Waals surface area contributed by atoms with Gasteiger partial charge in [-0.2, -0.15) is 5.10 Å². The molecule has 2 aliphatic carbocycles. The zero-order chi connectivity index (χ0) is 11.5. The lowest BCUT2D eigenvalue weighted by Gasteiger charge is -2.19. The van der Waals surface area contributed by atoms with Gasteiger partial charge in [0.15, 0.2) is 5.69 Å². The Morgan fingerprint density at radius 1 is 1.50 bits per heavy atom. The average Bonchev–Trinajstić information content (AvgIpc) is 2.64. The van der Waals surface area contributed by atoms with Gasteiger partial charge in [0.05, 0.1) is 0 Å². The van der Waals surface area contributed by atoms with Crippen LogP contribution in [-0.4, -0.2) is 21.6 Å². The standard InChI is InChI=1S/C12H17N3O/c1-12(2,3)13-11(16)10-8-5-6-4-7(6)9(8)14-15-10/h6-7H,4-5H2,1-3H3,(H,13,16)(H,14,15). The number of fused-ring (bicyclic) bond motifs is 3. The highest BCUT2D eigenvalue weighted by Gasteiger charge is 2.48. The molecule has 0 aliphatic heterocycles. The Morgan fingerprint density at radius 2 is 2.25 bits per heavy atom. The first kappa shape index (κ1) is 9.87. The van der Waals surface area contributed by atoms with Crippen LogP contribution in [0.3, 0.4) is 0 Å². The van der Waals surface area contributed by atoms with Crippen molar-refractivity contribution in [2.45, 2.75) is 45.1 Å². The van der Waals surface area contributed by atoms with Gasteiger partial charge >= 0.3 is 0 Å². The molecule has 0 bridgehead atoms. The summed E-state index contributed by atoms with van der Waals surface area (Å²) in [4.78, 5) is 12.0. The van der Waals surface area contributed by atoms with E-state index in [1.807, 2.05) is 20.8 Å². The fourth-order valence-corrected chi connectivity index (χ4v) is 2.57. The Morgan fingerprint density at radius 3 is 2.94 bits per heavy atom. The summed E-state index contributed by atoms with van der Waals surface area (Å²) in [6.45, 7) is 5.94. The van der Waals surface area contributed by atoms with Crippen LogP contribution in [0.5, 0.6) is 0 Å². The Bertz CT molecular complexity index is 455. The number of nitrogens with zero attached hydrogens (tertiary/aromatic N) is 1. The smallest absolute Gasteiger partial charge is 0.272 e. The van der Waals surface area contributed by atoms with Crippen LogP contribution < -0.4 is 5.32 Å². The van der Waals surface area contributed by atoms with Gasteiger partial charge in [0.1, 0.15) is 0 Å². The van der Waals surface area contributed by atoms with Crippen LogP contribution >= 0.6 is 0 Å². The molecule has 1 saturated carbocycles. The largest absolute Gasteiger partial charge is 0.346 e. The molecule has 1 fully saturated rings. The molecule has 86 valence electrons. The van der Waals surface area contributed by atoms with E-state index in [0.717, 1.165) is 17.9 Å². The van der Waals surface area contributed by atoms with Gasteiger partial charge in [-0.3, -0.25) is 9.89 Å². The number of amides is 1. The highest BCUT2D eigenvalue weighted by Crippen LogP contribution is 2.55. The summed E-state index contributed by atoms with van der Waals surface area (Å²) in [6.07, 6.45) is 2.30. The van der Waals surface area contributed by atoms with Crippen molar-refractivity contribution in [1.29, 1.82) is 0 Å². The second kappa shape index (κ2) is 2.87. The van der Waals surface area contributed by atoms with Gasteiger partial charge in [-0.05, 0) is 39.5 Å². The number of nitrogens with one attached hydrogen (secondary N) is 2. The topological polar surface area (TPSA) is 57.8 Å². The van der Waals surface area contributed by atoms with Gasteiger partial charge in [-0.15, -0.1) is 0 Å². The Kier molecular flexibility index (Phi) is 1.77. The van der Waals surface area contributed by atoms with E-state index in [-0.39, 0.29) is 11.4 Å². The second-order valence-corrected chi connectivity index (χ2v) is 5.97. The molecule has 2 aliphatic rings. The van der Waals surface area contributed by atoms with E-state index in [2.05, 4.69) is 15.5 Å². The molecule has 4 nitrogen and oxygen atoms in total. The van der Waals surface area contributed by atoms with Crippen molar-refractivity contribution in [2.75, 3.05) is 0 Å². The zero-order valence-corrected chi connectivity index (χ0v) is 9.92. The molecule has 2 unspecified atom stereocenters. The molecule has 0 aromatic carbocycles. The first-order valence-corrected chi connectivity index (χ1v) is 5.85. The number of aromatic nitrogens is 2. The van der Waals surface area contributed by atoms with Gasteiger partial charge in [-0.25, -0.2) is 0 Å². The fourth-order valence-electron chi connectivity index (χ4n) is 2.57. The van der Waals surface area contributed by atoms with Gasteiger partial charge in [0.25, 0.3) is 5.91 Å². The Balaban J connectivity index is 1.85. The summed E-state index contributed by atoms with van der Waals surface area (Å²) in [6, 6.07) is 0. The molecule has 1 heterocycles. The number of H-pyrrole nitrogens is 1. The molecular weight excluding hydrogens is 202 g/mol. The summed E-state index contributed by atoms with van der Waals surface area (Å²) in [7, 11) is 0. The minimum Gasteiger partial charge on any atom is -0.346 e. The molecule has 3 rings (SSSR count). The summed E-state index contributed by atoms with van der Waals surface area (Å²) in [5.41, 5.74) is 2.77. The van der Waals surface area contributed by atoms with Crippen LogP contribution in [0, 0.1) is 5.92 Å². The first-order valence-electron chi connectivity index (χ1n) is 5.85. The number of carbonyl (C=O) groups is 1. The lowest BCUT2D eigenvalue weighted by molar-refractivity contribution is 0.0913. The maximum atomic E-state index is 12.0. The fraction of sp³-hybridized carbons (Fsp3) is 0.667. The van der Waals surface area contributed by atoms with Gasteiger partial charge in [0.2, 0.25) is 0 Å². The van der Waals surface area contributed by atoms with E-state index < -0.39 is 0 Å². The van der Waals surface area contributed by atoms with Gasteiger partial charge < -0.3 is 5.32 Å². The summed E-state index contributed by atoms with van der Waals surface area (Å²) < 4.78 is 0. The van der Waals surface area contributed by atoms with Crippen molar-refractivity contribution >= 4 is 5.91 Å². The second-order valence-electron chi connectivity index (χ2n) is 5.97. The summed E-state index contributed by atoms with van der Waals surface area (Å²) in [5, 5.41) is 10.2. The molecule has 0 radical (unpaired) electrons. The van der Waals surface area contributed by atoms with Crippen LogP contribution in [0.25, 0.3) is 0 Å². The molecule has 1 amide bonds. The van der Waals surface area contributed by atoms with E-state index in [0.29, 0.717) is 11.6 Å². The average molecular weight is 219 g/mol. The minimum absolute atomic E-state index is 0.0497. The number of hydrogen-bond acceptors (Lipinski definition) is 2. The maximum Gasteiger partial charge on any atom is 0.272 e. The molecule has 4 heteroatoms. The summed E-state index contributed by atoms with van der Waals surface area (Å²) in [5.74, 6) is 1.40. The van der Waals surface area contributed by atoms with Crippen LogP contribution in [-0.2, 0) is 6.42 Å². The molecule has 16 heavy (non-hydrogen) atoms. The van der Waals surface area contributed by atoms with Crippen molar-refractivity contribution in [2.24, 2.45) is 5.92 Å². The molecular formula is C12H17N3O. The maximum absolute atomic E-state index is 12.0. The number of rotatable bonds is 1. The van der Waals surface area contributed by atoms with E-state index in [9.17, 15) is 4.79 Å². The number of carbonyl (C=O) groups excluding carboxylic acids is 1. The molecule has 1 aromatic heterocycles. The van der Waals surface area contributed by atoms with Crippen LogP contribution in [0.4, 0.5) is 0 Å².